The van der Waals surface area contributed by atoms with Crippen LogP contribution in [0.5, 0.6) is 0 Å². The fourth-order valence-corrected chi connectivity index (χ4v) is 2.38. The van der Waals surface area contributed by atoms with E-state index >= 15 is 4.39 Å². The van der Waals surface area contributed by atoms with Crippen LogP contribution in [-0.4, -0.2) is 14.8 Å². The highest BCUT2D eigenvalue weighted by molar-refractivity contribution is 5.87. The SMILES string of the molecule is N#Cc1ccc(/C(F)=C(/Cn2cncn2)c2ccc(C#N)cc2)cc1. The fraction of sp³-hybridized carbons (Fsp3) is 0.0526. The predicted molar refractivity (Wildman–Crippen MR) is 90.3 cm³/mol. The first-order valence-electron chi connectivity index (χ1n) is 7.43. The van der Waals surface area contributed by atoms with Crippen LogP contribution in [0.15, 0.2) is 61.2 Å². The Kier molecular flexibility index (Phi) is 4.64. The summed E-state index contributed by atoms with van der Waals surface area (Å²) in [6, 6.07) is 17.0. The lowest BCUT2D eigenvalue weighted by Crippen LogP contribution is -2.03. The lowest BCUT2D eigenvalue weighted by atomic mass is 10.00. The van der Waals surface area contributed by atoms with E-state index in [4.69, 9.17) is 10.5 Å². The molecule has 0 atom stereocenters. The molecule has 0 saturated heterocycles. The highest BCUT2D eigenvalue weighted by Crippen LogP contribution is 2.29. The molecule has 3 aromatic rings. The molecule has 25 heavy (non-hydrogen) atoms. The number of rotatable bonds is 4. The van der Waals surface area contributed by atoms with Gasteiger partial charge in [0.2, 0.25) is 0 Å². The van der Waals surface area contributed by atoms with Gasteiger partial charge in [-0.15, -0.1) is 0 Å². The van der Waals surface area contributed by atoms with Gasteiger partial charge < -0.3 is 0 Å². The van der Waals surface area contributed by atoms with E-state index in [9.17, 15) is 0 Å². The van der Waals surface area contributed by atoms with Crippen LogP contribution in [0.4, 0.5) is 4.39 Å². The van der Waals surface area contributed by atoms with Gasteiger partial charge in [0, 0.05) is 11.1 Å². The van der Waals surface area contributed by atoms with Gasteiger partial charge in [-0.1, -0.05) is 24.3 Å². The van der Waals surface area contributed by atoms with Crippen LogP contribution in [-0.2, 0) is 6.54 Å². The van der Waals surface area contributed by atoms with E-state index in [-0.39, 0.29) is 6.54 Å². The molecule has 0 radical (unpaired) electrons. The molecular formula is C19H12FN5. The zero-order chi connectivity index (χ0) is 17.6. The van der Waals surface area contributed by atoms with E-state index in [1.165, 1.54) is 17.3 Å². The zero-order valence-corrected chi connectivity index (χ0v) is 13.1. The van der Waals surface area contributed by atoms with E-state index in [0.717, 1.165) is 0 Å². The summed E-state index contributed by atoms with van der Waals surface area (Å²) in [6.07, 6.45) is 2.89. The van der Waals surface area contributed by atoms with Gasteiger partial charge in [-0.05, 0) is 29.8 Å². The Morgan fingerprint density at radius 3 is 1.96 bits per heavy atom. The molecule has 0 aliphatic rings. The summed E-state index contributed by atoms with van der Waals surface area (Å²) in [4.78, 5) is 3.88. The Balaban J connectivity index is 2.07. The van der Waals surface area contributed by atoms with Crippen molar-refractivity contribution < 1.29 is 4.39 Å². The van der Waals surface area contributed by atoms with Crippen LogP contribution in [0.1, 0.15) is 22.3 Å². The van der Waals surface area contributed by atoms with E-state index in [1.807, 2.05) is 12.1 Å². The van der Waals surface area contributed by atoms with Crippen molar-refractivity contribution in [3.63, 3.8) is 0 Å². The van der Waals surface area contributed by atoms with E-state index in [0.29, 0.717) is 27.8 Å². The molecule has 120 valence electrons. The van der Waals surface area contributed by atoms with E-state index < -0.39 is 5.83 Å². The molecule has 0 fully saturated rings. The maximum absolute atomic E-state index is 15.2. The molecule has 0 unspecified atom stereocenters. The Morgan fingerprint density at radius 2 is 1.48 bits per heavy atom. The summed E-state index contributed by atoms with van der Waals surface area (Å²) in [7, 11) is 0. The third kappa shape index (κ3) is 3.60. The molecule has 3 rings (SSSR count). The molecule has 1 aromatic heterocycles. The quantitative estimate of drug-likeness (QED) is 0.686. The van der Waals surface area contributed by atoms with Gasteiger partial charge in [0.25, 0.3) is 0 Å². The van der Waals surface area contributed by atoms with Crippen molar-refractivity contribution in [3.05, 3.63) is 83.4 Å². The lowest BCUT2D eigenvalue weighted by molar-refractivity contribution is 0.695. The molecule has 0 saturated carbocycles. The number of aromatic nitrogens is 3. The van der Waals surface area contributed by atoms with Gasteiger partial charge in [-0.25, -0.2) is 14.1 Å². The predicted octanol–water partition coefficient (Wildman–Crippen LogP) is 3.56. The minimum absolute atomic E-state index is 0.192. The molecular weight excluding hydrogens is 317 g/mol. The normalized spacial score (nSPS) is 11.3. The van der Waals surface area contributed by atoms with Gasteiger partial charge in [0.05, 0.1) is 29.8 Å². The van der Waals surface area contributed by atoms with E-state index in [2.05, 4.69) is 10.1 Å². The molecule has 0 aliphatic heterocycles. The van der Waals surface area contributed by atoms with Crippen LogP contribution in [0.3, 0.4) is 0 Å². The highest BCUT2D eigenvalue weighted by Gasteiger charge is 2.13. The van der Waals surface area contributed by atoms with Crippen LogP contribution < -0.4 is 0 Å². The Morgan fingerprint density at radius 1 is 0.920 bits per heavy atom. The van der Waals surface area contributed by atoms with Crippen molar-refractivity contribution in [2.24, 2.45) is 0 Å². The largest absolute Gasteiger partial charge is 0.248 e. The van der Waals surface area contributed by atoms with Crippen molar-refractivity contribution in [2.45, 2.75) is 6.54 Å². The molecule has 5 nitrogen and oxygen atoms in total. The number of nitrogens with zero attached hydrogens (tertiary/aromatic N) is 5. The van der Waals surface area contributed by atoms with Gasteiger partial charge in [-0.3, -0.25) is 0 Å². The monoisotopic (exact) mass is 329 g/mol. The molecule has 0 aliphatic carbocycles. The summed E-state index contributed by atoms with van der Waals surface area (Å²) in [5.74, 6) is -0.412. The van der Waals surface area contributed by atoms with Crippen molar-refractivity contribution in [2.75, 3.05) is 0 Å². The van der Waals surface area contributed by atoms with Crippen molar-refractivity contribution in [1.29, 1.82) is 10.5 Å². The summed E-state index contributed by atoms with van der Waals surface area (Å²) in [5.41, 5.74) is 2.41. The van der Waals surface area contributed by atoms with Gasteiger partial charge in [0.15, 0.2) is 0 Å². The van der Waals surface area contributed by atoms with Crippen LogP contribution in [0.25, 0.3) is 11.4 Å². The summed E-state index contributed by atoms with van der Waals surface area (Å²) >= 11 is 0. The summed E-state index contributed by atoms with van der Waals surface area (Å²) < 4.78 is 16.7. The third-order valence-corrected chi connectivity index (χ3v) is 3.68. The van der Waals surface area contributed by atoms with Gasteiger partial charge in [-0.2, -0.15) is 15.6 Å². The van der Waals surface area contributed by atoms with Gasteiger partial charge in [0.1, 0.15) is 18.5 Å². The molecule has 0 N–H and O–H groups in total. The molecule has 0 spiro atoms. The maximum Gasteiger partial charge on any atom is 0.137 e. The third-order valence-electron chi connectivity index (χ3n) is 3.68. The molecule has 2 aromatic carbocycles. The standard InChI is InChI=1S/C19H12FN5/c20-19(17-7-3-15(10-22)4-8-17)18(11-25-13-23-12-24-25)16-5-1-14(9-21)2-6-16/h1-8,12-13H,11H2/b19-18+. The number of halogens is 1. The summed E-state index contributed by atoms with van der Waals surface area (Å²) in [6.45, 7) is 0.192. The Hall–Kier alpha value is -3.77. The fourth-order valence-electron chi connectivity index (χ4n) is 2.38. The molecule has 1 heterocycles. The second-order valence-corrected chi connectivity index (χ2v) is 5.26. The average molecular weight is 329 g/mol. The first-order chi connectivity index (χ1) is 12.2. The molecule has 0 bridgehead atoms. The molecule has 0 amide bonds. The smallest absolute Gasteiger partial charge is 0.137 e. The molecule has 6 heteroatoms. The van der Waals surface area contributed by atoms with Crippen molar-refractivity contribution >= 4 is 11.4 Å². The second kappa shape index (κ2) is 7.20. The number of nitriles is 2. The van der Waals surface area contributed by atoms with Gasteiger partial charge >= 0.3 is 0 Å². The van der Waals surface area contributed by atoms with E-state index in [1.54, 1.807) is 48.5 Å². The minimum atomic E-state index is -0.412. The van der Waals surface area contributed by atoms with Crippen LogP contribution in [0, 0.1) is 22.7 Å². The summed E-state index contributed by atoms with van der Waals surface area (Å²) in [5, 5.41) is 21.8. The van der Waals surface area contributed by atoms with Crippen molar-refractivity contribution in [3.8, 4) is 12.1 Å². The maximum atomic E-state index is 15.2. The second-order valence-electron chi connectivity index (χ2n) is 5.26. The minimum Gasteiger partial charge on any atom is -0.248 e. The average Bonchev–Trinajstić information content (AvgIpc) is 3.19. The van der Waals surface area contributed by atoms with Crippen LogP contribution >= 0.6 is 0 Å². The number of benzene rings is 2. The lowest BCUT2D eigenvalue weighted by Gasteiger charge is -2.11. The zero-order valence-electron chi connectivity index (χ0n) is 13.1. The Labute approximate surface area is 143 Å². The van der Waals surface area contributed by atoms with Crippen LogP contribution in [0.2, 0.25) is 0 Å². The number of hydrogen-bond donors (Lipinski definition) is 0. The Bertz CT molecular complexity index is 972. The van der Waals surface area contributed by atoms with Crippen molar-refractivity contribution in [1.82, 2.24) is 14.8 Å². The first kappa shape index (κ1) is 16.1. The number of allylic oxidation sites excluding steroid dienone is 1. The topological polar surface area (TPSA) is 78.3 Å². The first-order valence-corrected chi connectivity index (χ1v) is 7.43. The highest BCUT2D eigenvalue weighted by atomic mass is 19.1. The number of hydrogen-bond acceptors (Lipinski definition) is 4.